The third-order valence-electron chi connectivity index (χ3n) is 3.33. The van der Waals surface area contributed by atoms with Crippen molar-refractivity contribution < 1.29 is 9.47 Å². The fourth-order valence-electron chi connectivity index (χ4n) is 2.02. The Hall–Kier alpha value is -0.853. The van der Waals surface area contributed by atoms with Crippen LogP contribution >= 0.6 is 15.9 Å². The van der Waals surface area contributed by atoms with Crippen molar-refractivity contribution in [2.45, 2.75) is 45.8 Å². The minimum Gasteiger partial charge on any atom is -0.477 e. The van der Waals surface area contributed by atoms with E-state index >= 15 is 0 Å². The molecule has 0 atom stereocenters. The summed E-state index contributed by atoms with van der Waals surface area (Å²) in [7, 11) is -1.04. The van der Waals surface area contributed by atoms with E-state index in [1.807, 2.05) is 16.8 Å². The van der Waals surface area contributed by atoms with Crippen LogP contribution < -0.4 is 4.74 Å². The number of ether oxygens (including phenoxy) is 2. The number of fused-ring (bicyclic) bond motifs is 1. The van der Waals surface area contributed by atoms with Gasteiger partial charge in [-0.1, -0.05) is 26.6 Å². The van der Waals surface area contributed by atoms with Crippen molar-refractivity contribution in [3.63, 3.8) is 0 Å². The maximum Gasteiger partial charge on any atom is 0.230 e. The van der Waals surface area contributed by atoms with E-state index in [1.165, 1.54) is 6.04 Å². The van der Waals surface area contributed by atoms with Crippen LogP contribution in [-0.4, -0.2) is 30.8 Å². The molecule has 2 aromatic heterocycles. The van der Waals surface area contributed by atoms with E-state index in [-0.39, 0.29) is 0 Å². The maximum absolute atomic E-state index is 5.82. The highest BCUT2D eigenvalue weighted by atomic mass is 79.9. The van der Waals surface area contributed by atoms with Crippen molar-refractivity contribution in [2.75, 3.05) is 13.2 Å². The highest BCUT2D eigenvalue weighted by Crippen LogP contribution is 2.28. The first-order chi connectivity index (χ1) is 10.4. The van der Waals surface area contributed by atoms with Gasteiger partial charge in [0, 0.05) is 26.3 Å². The predicted molar refractivity (Wildman–Crippen MR) is 97.3 cm³/mol. The van der Waals surface area contributed by atoms with Gasteiger partial charge in [-0.05, 0) is 40.5 Å². The van der Waals surface area contributed by atoms with E-state index in [9.17, 15) is 0 Å². The van der Waals surface area contributed by atoms with Crippen LogP contribution in [0.25, 0.3) is 11.0 Å². The summed E-state index contributed by atoms with van der Waals surface area (Å²) in [6.45, 7) is 11.2. The Bertz CT molecular complexity index is 622. The maximum atomic E-state index is 5.82. The van der Waals surface area contributed by atoms with Gasteiger partial charge in [-0.25, -0.2) is 0 Å². The van der Waals surface area contributed by atoms with Crippen molar-refractivity contribution >= 4 is 35.0 Å². The van der Waals surface area contributed by atoms with Gasteiger partial charge in [0.15, 0.2) is 0 Å². The molecule has 0 bridgehead atoms. The molecule has 0 saturated carbocycles. The average molecular weight is 385 g/mol. The van der Waals surface area contributed by atoms with Gasteiger partial charge < -0.3 is 14.0 Å². The molecule has 0 unspecified atom stereocenters. The van der Waals surface area contributed by atoms with Gasteiger partial charge in [-0.3, -0.25) is 0 Å². The lowest BCUT2D eigenvalue weighted by atomic mass is 10.3. The molecule has 122 valence electrons. The first-order valence-electron chi connectivity index (χ1n) is 7.76. The van der Waals surface area contributed by atoms with Crippen LogP contribution in [0.1, 0.15) is 13.3 Å². The topological polar surface area (TPSA) is 36.3 Å². The normalized spacial score (nSPS) is 12.0. The molecule has 2 aromatic rings. The van der Waals surface area contributed by atoms with Crippen molar-refractivity contribution in [1.82, 2.24) is 9.55 Å². The van der Waals surface area contributed by atoms with Gasteiger partial charge in [0.25, 0.3) is 0 Å². The van der Waals surface area contributed by atoms with Crippen molar-refractivity contribution in [3.05, 3.63) is 22.8 Å². The van der Waals surface area contributed by atoms with Crippen LogP contribution in [0, 0.1) is 0 Å². The molecular weight excluding hydrogens is 360 g/mol. The molecule has 2 rings (SSSR count). The highest BCUT2D eigenvalue weighted by Gasteiger charge is 2.13. The van der Waals surface area contributed by atoms with E-state index in [4.69, 9.17) is 9.47 Å². The molecule has 0 aliphatic heterocycles. The molecule has 0 aliphatic carbocycles. The quantitative estimate of drug-likeness (QED) is 0.479. The summed E-state index contributed by atoms with van der Waals surface area (Å²) >= 11 is 3.52. The lowest BCUT2D eigenvalue weighted by Crippen LogP contribution is -2.22. The minimum atomic E-state index is -1.04. The first-order valence-corrected chi connectivity index (χ1v) is 12.3. The summed E-state index contributed by atoms with van der Waals surface area (Å²) < 4.78 is 14.4. The van der Waals surface area contributed by atoms with E-state index < -0.39 is 8.07 Å². The van der Waals surface area contributed by atoms with Crippen molar-refractivity contribution in [3.8, 4) is 5.88 Å². The number of nitrogens with zero attached hydrogens (tertiary/aromatic N) is 2. The van der Waals surface area contributed by atoms with Crippen molar-refractivity contribution in [1.29, 1.82) is 0 Å². The number of aromatic nitrogens is 2. The van der Waals surface area contributed by atoms with Crippen LogP contribution in [0.15, 0.2) is 22.8 Å². The summed E-state index contributed by atoms with van der Waals surface area (Å²) in [4.78, 5) is 4.62. The average Bonchev–Trinajstić information content (AvgIpc) is 2.82. The third kappa shape index (κ3) is 4.83. The molecule has 0 aliphatic rings. The number of halogens is 1. The molecule has 2 heterocycles. The summed E-state index contributed by atoms with van der Waals surface area (Å²) in [5.74, 6) is 0.649. The Morgan fingerprint density at radius 3 is 2.73 bits per heavy atom. The second-order valence-electron chi connectivity index (χ2n) is 6.67. The van der Waals surface area contributed by atoms with Crippen molar-refractivity contribution in [2.24, 2.45) is 0 Å². The summed E-state index contributed by atoms with van der Waals surface area (Å²) in [6.07, 6.45) is 2.98. The zero-order chi connectivity index (χ0) is 16.2. The Morgan fingerprint density at radius 1 is 1.27 bits per heavy atom. The van der Waals surface area contributed by atoms with Crippen LogP contribution in [-0.2, 0) is 11.5 Å². The molecule has 0 fully saturated rings. The van der Waals surface area contributed by atoms with E-state index in [1.54, 1.807) is 0 Å². The second-order valence-corrected chi connectivity index (χ2v) is 13.1. The van der Waals surface area contributed by atoms with Gasteiger partial charge in [-0.2, -0.15) is 4.98 Å². The summed E-state index contributed by atoms with van der Waals surface area (Å²) in [5.41, 5.74) is 0.905. The molecule has 0 N–H and O–H groups in total. The Morgan fingerprint density at radius 2 is 2.05 bits per heavy atom. The number of hydrogen-bond acceptors (Lipinski definition) is 3. The Kier molecular flexibility index (Phi) is 6.06. The van der Waals surface area contributed by atoms with Gasteiger partial charge in [0.1, 0.15) is 12.4 Å². The second kappa shape index (κ2) is 7.61. The minimum absolute atomic E-state index is 0.538. The van der Waals surface area contributed by atoms with Gasteiger partial charge >= 0.3 is 0 Å². The van der Waals surface area contributed by atoms with Gasteiger partial charge in [-0.15, -0.1) is 0 Å². The Balaban J connectivity index is 2.07. The highest BCUT2D eigenvalue weighted by molar-refractivity contribution is 9.10. The monoisotopic (exact) mass is 384 g/mol. The molecule has 0 aromatic carbocycles. The lowest BCUT2D eigenvalue weighted by Gasteiger charge is -2.15. The number of hydrogen-bond donors (Lipinski definition) is 0. The van der Waals surface area contributed by atoms with Crippen LogP contribution in [0.2, 0.25) is 25.7 Å². The fourth-order valence-corrected chi connectivity index (χ4v) is 3.22. The number of pyridine rings is 1. The van der Waals surface area contributed by atoms with E-state index in [2.05, 4.69) is 53.5 Å². The molecule has 22 heavy (non-hydrogen) atoms. The smallest absolute Gasteiger partial charge is 0.230 e. The summed E-state index contributed by atoms with van der Waals surface area (Å²) in [5, 5.41) is 1.09. The van der Waals surface area contributed by atoms with E-state index in [0.29, 0.717) is 19.2 Å². The molecular formula is C16H25BrN2O2Si. The van der Waals surface area contributed by atoms with Crippen LogP contribution in [0.4, 0.5) is 0 Å². The zero-order valence-electron chi connectivity index (χ0n) is 13.9. The third-order valence-corrected chi connectivity index (χ3v) is 5.60. The molecule has 6 heteroatoms. The SMILES string of the molecule is CCCOc1nc2c(ccn2COCC[Si](C)(C)C)cc1Br. The van der Waals surface area contributed by atoms with E-state index in [0.717, 1.165) is 28.5 Å². The van der Waals surface area contributed by atoms with Gasteiger partial charge in [0.2, 0.25) is 5.88 Å². The van der Waals surface area contributed by atoms with Crippen LogP contribution in [0.5, 0.6) is 5.88 Å². The Labute approximate surface area is 142 Å². The molecule has 0 saturated heterocycles. The standard InChI is InChI=1S/C16H25BrN2O2Si/c1-5-8-21-16-14(17)11-13-6-7-19(15(13)18-16)12-20-9-10-22(2,3)4/h6-7,11H,5,8-10,12H2,1-4H3. The number of rotatable bonds is 8. The fraction of sp³-hybridized carbons (Fsp3) is 0.562. The first kappa shape index (κ1) is 17.5. The summed E-state index contributed by atoms with van der Waals surface area (Å²) in [6, 6.07) is 5.28. The molecule has 0 radical (unpaired) electrons. The zero-order valence-corrected chi connectivity index (χ0v) is 16.4. The molecule has 4 nitrogen and oxygen atoms in total. The molecule has 0 amide bonds. The predicted octanol–water partition coefficient (Wildman–Crippen LogP) is 4.90. The largest absolute Gasteiger partial charge is 0.477 e. The molecule has 0 spiro atoms. The lowest BCUT2D eigenvalue weighted by molar-refractivity contribution is 0.0898. The van der Waals surface area contributed by atoms with Crippen LogP contribution in [0.3, 0.4) is 0 Å². The van der Waals surface area contributed by atoms with Gasteiger partial charge in [0.05, 0.1) is 11.1 Å².